The molecular weight excluding hydrogens is 270 g/mol. The van der Waals surface area contributed by atoms with Gasteiger partial charge in [-0.05, 0) is 18.1 Å². The van der Waals surface area contributed by atoms with Crippen LogP contribution in [0, 0.1) is 0 Å². The molecule has 1 heterocycles. The van der Waals surface area contributed by atoms with Crippen LogP contribution in [0.25, 0.3) is 0 Å². The molecule has 0 aliphatic carbocycles. The molecule has 1 aromatic carbocycles. The van der Waals surface area contributed by atoms with E-state index in [9.17, 15) is 4.79 Å². The van der Waals surface area contributed by atoms with Gasteiger partial charge >= 0.3 is 5.97 Å². The Bertz CT molecular complexity index is 551. The molecule has 0 radical (unpaired) electrons. The molecule has 1 aromatic heterocycles. The zero-order valence-corrected chi connectivity index (χ0v) is 12.3. The van der Waals surface area contributed by atoms with Crippen LogP contribution in [-0.4, -0.2) is 11.1 Å². The maximum Gasteiger partial charge on any atom is 0.336 e. The highest BCUT2D eigenvalue weighted by Gasteiger charge is 2.11. The lowest BCUT2D eigenvalue weighted by atomic mass is 10.0. The quantitative estimate of drug-likeness (QED) is 0.807. The molecular formula is C16H19NO2S. The van der Waals surface area contributed by atoms with E-state index in [-0.39, 0.29) is 0 Å². The molecule has 4 heteroatoms. The molecule has 0 aliphatic heterocycles. The Balaban J connectivity index is 2.00. The first-order valence-electron chi connectivity index (χ1n) is 6.79. The largest absolute Gasteiger partial charge is 0.478 e. The van der Waals surface area contributed by atoms with E-state index in [1.807, 2.05) is 18.2 Å². The van der Waals surface area contributed by atoms with Crippen molar-refractivity contribution in [1.82, 2.24) is 5.32 Å². The molecule has 0 amide bonds. The van der Waals surface area contributed by atoms with E-state index >= 15 is 0 Å². The summed E-state index contributed by atoms with van der Waals surface area (Å²) in [6.45, 7) is 2.88. The van der Waals surface area contributed by atoms with Gasteiger partial charge in [-0.3, -0.25) is 0 Å². The lowest BCUT2D eigenvalue weighted by molar-refractivity contribution is 0.0697. The predicted molar refractivity (Wildman–Crippen MR) is 82.2 cm³/mol. The molecule has 0 aliphatic rings. The second kappa shape index (κ2) is 7.22. The normalized spacial score (nSPS) is 12.2. The molecule has 0 spiro atoms. The van der Waals surface area contributed by atoms with Crippen LogP contribution in [0.4, 0.5) is 0 Å². The molecule has 2 N–H and O–H groups in total. The van der Waals surface area contributed by atoms with Crippen molar-refractivity contribution in [3.63, 3.8) is 0 Å². The fourth-order valence-corrected chi connectivity index (χ4v) is 2.98. The minimum absolute atomic E-state index is 0.316. The van der Waals surface area contributed by atoms with Crippen molar-refractivity contribution in [2.75, 3.05) is 0 Å². The van der Waals surface area contributed by atoms with Crippen molar-refractivity contribution in [3.05, 3.63) is 57.8 Å². The first-order valence-corrected chi connectivity index (χ1v) is 7.67. The molecule has 0 fully saturated rings. The number of carboxylic acid groups (broad SMARTS) is 1. The van der Waals surface area contributed by atoms with Gasteiger partial charge in [0.15, 0.2) is 0 Å². The number of nitrogens with one attached hydrogen (secondary N) is 1. The summed E-state index contributed by atoms with van der Waals surface area (Å²) >= 11 is 1.49. The van der Waals surface area contributed by atoms with Gasteiger partial charge < -0.3 is 10.4 Å². The number of rotatable bonds is 7. The minimum Gasteiger partial charge on any atom is -0.478 e. The van der Waals surface area contributed by atoms with Crippen LogP contribution in [0.2, 0.25) is 0 Å². The van der Waals surface area contributed by atoms with E-state index < -0.39 is 5.97 Å². The maximum atomic E-state index is 10.9. The van der Waals surface area contributed by atoms with Gasteiger partial charge in [0.2, 0.25) is 0 Å². The highest BCUT2D eigenvalue weighted by Crippen LogP contribution is 2.20. The third kappa shape index (κ3) is 3.92. The lowest BCUT2D eigenvalue weighted by Crippen LogP contribution is -2.20. The Kier molecular flexibility index (Phi) is 5.32. The fourth-order valence-electron chi connectivity index (χ4n) is 2.17. The lowest BCUT2D eigenvalue weighted by Gasteiger charge is -2.18. The van der Waals surface area contributed by atoms with Gasteiger partial charge in [-0.25, -0.2) is 4.79 Å². The first kappa shape index (κ1) is 14.8. The summed E-state index contributed by atoms with van der Waals surface area (Å²) in [5.74, 6) is -0.860. The summed E-state index contributed by atoms with van der Waals surface area (Å²) in [6.07, 6.45) is 2.18. The average Bonchev–Trinajstić information content (AvgIpc) is 2.93. The van der Waals surface area contributed by atoms with E-state index in [0.717, 1.165) is 17.7 Å². The summed E-state index contributed by atoms with van der Waals surface area (Å²) in [4.78, 5) is 11.9. The third-order valence-electron chi connectivity index (χ3n) is 3.20. The van der Waals surface area contributed by atoms with Crippen molar-refractivity contribution < 1.29 is 9.90 Å². The van der Waals surface area contributed by atoms with Crippen molar-refractivity contribution >= 4 is 17.3 Å². The minimum atomic E-state index is -0.860. The molecule has 2 rings (SSSR count). The standard InChI is InChI=1S/C16H19NO2S/c1-2-6-15(12-7-4-3-5-8-12)17-10-14-9-13(11-20-14)16(18)19/h3-5,7-9,11,15,17H,2,6,10H2,1H3,(H,18,19). The average molecular weight is 289 g/mol. The highest BCUT2D eigenvalue weighted by atomic mass is 32.1. The second-order valence-corrected chi connectivity index (χ2v) is 5.74. The van der Waals surface area contributed by atoms with Gasteiger partial charge in [0, 0.05) is 22.8 Å². The van der Waals surface area contributed by atoms with Crippen LogP contribution >= 0.6 is 11.3 Å². The number of thiophene rings is 1. The molecule has 106 valence electrons. The van der Waals surface area contributed by atoms with Crippen molar-refractivity contribution in [3.8, 4) is 0 Å². The molecule has 0 bridgehead atoms. The monoisotopic (exact) mass is 289 g/mol. The fraction of sp³-hybridized carbons (Fsp3) is 0.312. The highest BCUT2D eigenvalue weighted by molar-refractivity contribution is 7.10. The van der Waals surface area contributed by atoms with E-state index in [0.29, 0.717) is 18.2 Å². The Morgan fingerprint density at radius 3 is 2.70 bits per heavy atom. The molecule has 1 unspecified atom stereocenters. The number of aromatic carboxylic acids is 1. The molecule has 0 saturated heterocycles. The summed E-state index contributed by atoms with van der Waals surface area (Å²) < 4.78 is 0. The first-order chi connectivity index (χ1) is 9.70. The molecule has 3 nitrogen and oxygen atoms in total. The van der Waals surface area contributed by atoms with E-state index in [1.165, 1.54) is 16.9 Å². The zero-order chi connectivity index (χ0) is 14.4. The SMILES string of the molecule is CCCC(NCc1cc(C(=O)O)cs1)c1ccccc1. The summed E-state index contributed by atoms with van der Waals surface area (Å²) in [7, 11) is 0. The predicted octanol–water partition coefficient (Wildman–Crippen LogP) is 4.08. The Hall–Kier alpha value is -1.65. The van der Waals surface area contributed by atoms with Gasteiger partial charge in [-0.15, -0.1) is 11.3 Å². The zero-order valence-electron chi connectivity index (χ0n) is 11.5. The van der Waals surface area contributed by atoms with Gasteiger partial charge in [0.1, 0.15) is 0 Å². The van der Waals surface area contributed by atoms with Crippen LogP contribution < -0.4 is 5.32 Å². The molecule has 2 aromatic rings. The Morgan fingerprint density at radius 2 is 2.10 bits per heavy atom. The van der Waals surface area contributed by atoms with Gasteiger partial charge in [0.25, 0.3) is 0 Å². The number of carboxylic acids is 1. The summed E-state index contributed by atoms with van der Waals surface area (Å²) in [6, 6.07) is 12.4. The number of hydrogen-bond donors (Lipinski definition) is 2. The van der Waals surface area contributed by atoms with Crippen LogP contribution in [0.15, 0.2) is 41.8 Å². The second-order valence-electron chi connectivity index (χ2n) is 4.74. The maximum absolute atomic E-state index is 10.9. The van der Waals surface area contributed by atoms with E-state index in [2.05, 4.69) is 24.4 Å². The van der Waals surface area contributed by atoms with Crippen LogP contribution in [0.1, 0.15) is 46.6 Å². The summed E-state index contributed by atoms with van der Waals surface area (Å²) in [5, 5.41) is 14.1. The van der Waals surface area contributed by atoms with E-state index in [4.69, 9.17) is 5.11 Å². The molecule has 0 saturated carbocycles. The Labute approximate surface area is 123 Å². The molecule has 1 atom stereocenters. The van der Waals surface area contributed by atoms with Gasteiger partial charge in [-0.1, -0.05) is 43.7 Å². The van der Waals surface area contributed by atoms with Crippen LogP contribution in [-0.2, 0) is 6.54 Å². The number of carbonyl (C=O) groups is 1. The van der Waals surface area contributed by atoms with Crippen LogP contribution in [0.5, 0.6) is 0 Å². The number of benzene rings is 1. The van der Waals surface area contributed by atoms with Gasteiger partial charge in [0.05, 0.1) is 5.56 Å². The van der Waals surface area contributed by atoms with Crippen molar-refractivity contribution in [2.24, 2.45) is 0 Å². The topological polar surface area (TPSA) is 49.3 Å². The number of hydrogen-bond acceptors (Lipinski definition) is 3. The van der Waals surface area contributed by atoms with Crippen molar-refractivity contribution in [2.45, 2.75) is 32.4 Å². The Morgan fingerprint density at radius 1 is 1.35 bits per heavy atom. The molecule has 20 heavy (non-hydrogen) atoms. The third-order valence-corrected chi connectivity index (χ3v) is 4.14. The smallest absolute Gasteiger partial charge is 0.336 e. The van der Waals surface area contributed by atoms with Crippen molar-refractivity contribution in [1.29, 1.82) is 0 Å². The van der Waals surface area contributed by atoms with E-state index in [1.54, 1.807) is 11.4 Å². The summed E-state index contributed by atoms with van der Waals surface area (Å²) in [5.41, 5.74) is 1.66. The van der Waals surface area contributed by atoms with Crippen LogP contribution in [0.3, 0.4) is 0 Å². The van der Waals surface area contributed by atoms with Gasteiger partial charge in [-0.2, -0.15) is 0 Å².